The lowest BCUT2D eigenvalue weighted by Gasteiger charge is -2.18. The van der Waals surface area contributed by atoms with Gasteiger partial charge in [-0.15, -0.1) is 0 Å². The van der Waals surface area contributed by atoms with Crippen LogP contribution in [0.4, 0.5) is 0 Å². The molecule has 3 aromatic rings. The molecule has 0 spiro atoms. The van der Waals surface area contributed by atoms with Crippen molar-refractivity contribution in [2.24, 2.45) is 0 Å². The largest absolute Gasteiger partial charge is 0.344 e. The molecule has 3 rings (SSSR count). The summed E-state index contributed by atoms with van der Waals surface area (Å²) in [7, 11) is 0. The van der Waals surface area contributed by atoms with Crippen LogP contribution in [0.2, 0.25) is 0 Å². The maximum absolute atomic E-state index is 12.3. The number of nitrogens with one attached hydrogen (secondary N) is 1. The second-order valence-electron chi connectivity index (χ2n) is 5.18. The van der Waals surface area contributed by atoms with E-state index in [4.69, 9.17) is 0 Å². The molecule has 0 saturated heterocycles. The van der Waals surface area contributed by atoms with Crippen LogP contribution in [0.25, 0.3) is 6.08 Å². The Hall–Kier alpha value is -3.28. The Morgan fingerprint density at radius 2 is 2.00 bits per heavy atom. The highest BCUT2D eigenvalue weighted by Crippen LogP contribution is 2.14. The molecule has 0 saturated carbocycles. The van der Waals surface area contributed by atoms with Crippen molar-refractivity contribution >= 4 is 12.0 Å². The van der Waals surface area contributed by atoms with Crippen molar-refractivity contribution in [2.75, 3.05) is 0 Å². The van der Waals surface area contributed by atoms with Crippen LogP contribution >= 0.6 is 0 Å². The van der Waals surface area contributed by atoms with Gasteiger partial charge < -0.3 is 5.32 Å². The van der Waals surface area contributed by atoms with Gasteiger partial charge in [0.2, 0.25) is 5.91 Å². The van der Waals surface area contributed by atoms with E-state index in [1.807, 2.05) is 48.5 Å². The van der Waals surface area contributed by atoms with Gasteiger partial charge in [-0.1, -0.05) is 36.4 Å². The number of pyridine rings is 1. The molecular weight excluding hydrogens is 302 g/mol. The summed E-state index contributed by atoms with van der Waals surface area (Å²) >= 11 is 0. The van der Waals surface area contributed by atoms with Crippen molar-refractivity contribution in [3.8, 4) is 0 Å². The Balaban J connectivity index is 1.71. The van der Waals surface area contributed by atoms with Gasteiger partial charge in [0, 0.05) is 12.3 Å². The summed E-state index contributed by atoms with van der Waals surface area (Å²) in [6.07, 6.45) is 7.97. The van der Waals surface area contributed by atoms with Crippen LogP contribution in [0.5, 0.6) is 0 Å². The number of hydrogen-bond donors (Lipinski definition) is 1. The van der Waals surface area contributed by atoms with E-state index in [1.54, 1.807) is 23.3 Å². The van der Waals surface area contributed by atoms with Crippen LogP contribution in [0.1, 0.15) is 17.3 Å². The molecule has 0 bridgehead atoms. The van der Waals surface area contributed by atoms with Crippen molar-refractivity contribution in [3.63, 3.8) is 0 Å². The maximum Gasteiger partial charge on any atom is 0.244 e. The lowest BCUT2D eigenvalue weighted by atomic mass is 10.1. The van der Waals surface area contributed by atoms with Crippen molar-refractivity contribution in [2.45, 2.75) is 12.6 Å². The molecule has 120 valence electrons. The Kier molecular flexibility index (Phi) is 5.09. The number of carbonyl (C=O) groups is 1. The molecule has 2 aromatic heterocycles. The van der Waals surface area contributed by atoms with Crippen molar-refractivity contribution in [3.05, 3.63) is 84.7 Å². The summed E-state index contributed by atoms with van der Waals surface area (Å²) in [5, 5.41) is 7.11. The Bertz CT molecular complexity index is 785. The number of nitrogens with zero attached hydrogens (tertiary/aromatic N) is 4. The van der Waals surface area contributed by atoms with Gasteiger partial charge in [-0.3, -0.25) is 14.5 Å². The fraction of sp³-hybridized carbons (Fsp3) is 0.111. The zero-order chi connectivity index (χ0) is 16.6. The zero-order valence-corrected chi connectivity index (χ0v) is 13.0. The van der Waals surface area contributed by atoms with E-state index in [2.05, 4.69) is 20.4 Å². The smallest absolute Gasteiger partial charge is 0.244 e. The molecule has 0 aliphatic rings. The standard InChI is InChI=1S/C18H17N5O/c24-18(10-9-16-8-4-5-11-20-16)22-17(12-23-14-19-13-21-23)15-6-2-1-3-7-15/h1-11,13-14,17H,12H2,(H,22,24). The van der Waals surface area contributed by atoms with Gasteiger partial charge in [-0.2, -0.15) is 5.10 Å². The Morgan fingerprint density at radius 3 is 2.71 bits per heavy atom. The third-order valence-electron chi connectivity index (χ3n) is 3.45. The molecule has 6 heteroatoms. The summed E-state index contributed by atoms with van der Waals surface area (Å²) < 4.78 is 1.69. The summed E-state index contributed by atoms with van der Waals surface area (Å²) in [5.74, 6) is -0.186. The molecule has 0 aliphatic carbocycles. The van der Waals surface area contributed by atoms with Crippen LogP contribution in [0, 0.1) is 0 Å². The van der Waals surface area contributed by atoms with Gasteiger partial charge in [0.1, 0.15) is 12.7 Å². The fourth-order valence-electron chi connectivity index (χ4n) is 2.29. The average Bonchev–Trinajstić information content (AvgIpc) is 3.14. The van der Waals surface area contributed by atoms with E-state index in [9.17, 15) is 4.79 Å². The van der Waals surface area contributed by atoms with E-state index < -0.39 is 0 Å². The molecule has 24 heavy (non-hydrogen) atoms. The number of rotatable bonds is 6. The fourth-order valence-corrected chi connectivity index (χ4v) is 2.29. The van der Waals surface area contributed by atoms with E-state index >= 15 is 0 Å². The van der Waals surface area contributed by atoms with Gasteiger partial charge >= 0.3 is 0 Å². The van der Waals surface area contributed by atoms with Gasteiger partial charge in [0.15, 0.2) is 0 Å². The number of hydrogen-bond acceptors (Lipinski definition) is 4. The normalized spacial score (nSPS) is 12.2. The van der Waals surface area contributed by atoms with Crippen molar-refractivity contribution in [1.82, 2.24) is 25.1 Å². The van der Waals surface area contributed by atoms with E-state index in [0.717, 1.165) is 11.3 Å². The second-order valence-corrected chi connectivity index (χ2v) is 5.18. The van der Waals surface area contributed by atoms with E-state index in [1.165, 1.54) is 12.4 Å². The summed E-state index contributed by atoms with van der Waals surface area (Å²) in [6.45, 7) is 0.507. The number of benzene rings is 1. The third-order valence-corrected chi connectivity index (χ3v) is 3.45. The van der Waals surface area contributed by atoms with E-state index in [0.29, 0.717) is 6.54 Å². The highest BCUT2D eigenvalue weighted by atomic mass is 16.1. The maximum atomic E-state index is 12.3. The second kappa shape index (κ2) is 7.82. The van der Waals surface area contributed by atoms with Crippen LogP contribution < -0.4 is 5.32 Å². The zero-order valence-electron chi connectivity index (χ0n) is 13.0. The predicted molar refractivity (Wildman–Crippen MR) is 90.6 cm³/mol. The molecule has 1 aromatic carbocycles. The van der Waals surface area contributed by atoms with Gasteiger partial charge in [-0.25, -0.2) is 4.98 Å². The molecule has 1 unspecified atom stereocenters. The molecule has 0 fully saturated rings. The number of carbonyl (C=O) groups excluding carboxylic acids is 1. The van der Waals surface area contributed by atoms with Crippen LogP contribution in [-0.2, 0) is 11.3 Å². The minimum absolute atomic E-state index is 0.186. The third kappa shape index (κ3) is 4.36. The molecule has 2 heterocycles. The first kappa shape index (κ1) is 15.6. The highest BCUT2D eigenvalue weighted by Gasteiger charge is 2.14. The highest BCUT2D eigenvalue weighted by molar-refractivity contribution is 5.91. The lowest BCUT2D eigenvalue weighted by molar-refractivity contribution is -0.117. The molecule has 0 aliphatic heterocycles. The van der Waals surface area contributed by atoms with Gasteiger partial charge in [-0.05, 0) is 23.8 Å². The molecule has 1 N–H and O–H groups in total. The first-order valence-electron chi connectivity index (χ1n) is 7.58. The minimum atomic E-state index is -0.200. The molecule has 6 nitrogen and oxygen atoms in total. The first-order chi connectivity index (χ1) is 11.8. The van der Waals surface area contributed by atoms with Crippen molar-refractivity contribution in [1.29, 1.82) is 0 Å². The summed E-state index contributed by atoms with van der Waals surface area (Å²) in [5.41, 5.74) is 1.74. The van der Waals surface area contributed by atoms with Crippen LogP contribution in [0.3, 0.4) is 0 Å². The monoisotopic (exact) mass is 319 g/mol. The van der Waals surface area contributed by atoms with Gasteiger partial charge in [0.25, 0.3) is 0 Å². The average molecular weight is 319 g/mol. The van der Waals surface area contributed by atoms with Crippen LogP contribution in [-0.4, -0.2) is 25.7 Å². The number of aromatic nitrogens is 4. The Morgan fingerprint density at radius 1 is 1.17 bits per heavy atom. The van der Waals surface area contributed by atoms with Gasteiger partial charge in [0.05, 0.1) is 18.3 Å². The molecule has 1 atom stereocenters. The summed E-state index contributed by atoms with van der Waals surface area (Å²) in [4.78, 5) is 20.4. The SMILES string of the molecule is O=C(C=Cc1ccccn1)NC(Cn1cncn1)c1ccccc1. The molecule has 0 radical (unpaired) electrons. The minimum Gasteiger partial charge on any atom is -0.344 e. The molecular formula is C18H17N5O. The quantitative estimate of drug-likeness (QED) is 0.707. The molecule has 1 amide bonds. The van der Waals surface area contributed by atoms with Crippen LogP contribution in [0.15, 0.2) is 73.5 Å². The lowest BCUT2D eigenvalue weighted by Crippen LogP contribution is -2.30. The topological polar surface area (TPSA) is 72.7 Å². The van der Waals surface area contributed by atoms with E-state index in [-0.39, 0.29) is 11.9 Å². The Labute approximate surface area is 139 Å². The summed E-state index contributed by atoms with van der Waals surface area (Å²) in [6, 6.07) is 15.1. The number of amides is 1. The predicted octanol–water partition coefficient (Wildman–Crippen LogP) is 2.24. The van der Waals surface area contributed by atoms with Crippen molar-refractivity contribution < 1.29 is 4.79 Å². The first-order valence-corrected chi connectivity index (χ1v) is 7.58.